The molecule has 4 aromatic carbocycles. The molecule has 1 unspecified atom stereocenters. The number of ether oxygens (including phenoxy) is 2. The molecule has 64 heavy (non-hydrogen) atoms. The summed E-state index contributed by atoms with van der Waals surface area (Å²) in [5.74, 6) is 0.323. The molecule has 3 aliphatic heterocycles. The molecule has 5 heterocycles. The summed E-state index contributed by atoms with van der Waals surface area (Å²) < 4.78 is 16.4. The second-order valence-corrected chi connectivity index (χ2v) is 17.5. The maximum Gasteiger partial charge on any atom is 0.260 e. The molecule has 14 heteroatoms. The molecule has 0 spiro atoms. The van der Waals surface area contributed by atoms with Crippen LogP contribution in [0.1, 0.15) is 81.9 Å². The second-order valence-electron chi connectivity index (χ2n) is 17.1. The van der Waals surface area contributed by atoms with Crippen molar-refractivity contribution in [2.24, 2.45) is 13.0 Å². The topological polar surface area (TPSA) is 145 Å². The van der Waals surface area contributed by atoms with Crippen molar-refractivity contribution >= 4 is 63.2 Å². The number of fused-ring (bicyclic) bond motifs is 3. The maximum absolute atomic E-state index is 13.5. The van der Waals surface area contributed by atoms with Crippen molar-refractivity contribution < 1.29 is 33.4 Å². The first-order valence-electron chi connectivity index (χ1n) is 22.1. The fraction of sp³-hybridized carbons (Fsp3) is 0.360. The van der Waals surface area contributed by atoms with Crippen molar-refractivity contribution in [1.82, 2.24) is 29.5 Å². The van der Waals surface area contributed by atoms with Crippen LogP contribution in [0.4, 0.5) is 0 Å². The van der Waals surface area contributed by atoms with Crippen LogP contribution in [0.15, 0.2) is 72.8 Å². The lowest BCUT2D eigenvalue weighted by Gasteiger charge is -2.32. The maximum atomic E-state index is 13.5. The first kappa shape index (κ1) is 42.8. The zero-order valence-electron chi connectivity index (χ0n) is 36.3. The van der Waals surface area contributed by atoms with E-state index in [0.29, 0.717) is 72.6 Å². The minimum atomic E-state index is -0.738. The first-order valence-corrected chi connectivity index (χ1v) is 22.5. The van der Waals surface area contributed by atoms with Crippen LogP contribution in [-0.2, 0) is 40.9 Å². The van der Waals surface area contributed by atoms with E-state index in [4.69, 9.17) is 26.2 Å². The quantitative estimate of drug-likeness (QED) is 0.0665. The average Bonchev–Trinajstić information content (AvgIpc) is 3.89. The lowest BCUT2D eigenvalue weighted by Crippen LogP contribution is -2.52. The number of halogens is 1. The van der Waals surface area contributed by atoms with Gasteiger partial charge in [-0.15, -0.1) is 0 Å². The number of nitrogens with one attached hydrogen (secondary N) is 1. The Kier molecular flexibility index (Phi) is 12.0. The summed E-state index contributed by atoms with van der Waals surface area (Å²) in [6.45, 7) is 6.23. The van der Waals surface area contributed by atoms with Gasteiger partial charge in [0.15, 0.2) is 12.9 Å². The zero-order chi connectivity index (χ0) is 44.6. The molecule has 2 aromatic heterocycles. The van der Waals surface area contributed by atoms with E-state index in [2.05, 4.69) is 28.1 Å². The fourth-order valence-electron chi connectivity index (χ4n) is 9.97. The largest absolute Gasteiger partial charge is 0.493 e. The number of amides is 4. The molecule has 2 saturated heterocycles. The third-order valence-electron chi connectivity index (χ3n) is 13.4. The average molecular weight is 883 g/mol. The molecule has 13 nitrogen and oxygen atoms in total. The first-order chi connectivity index (χ1) is 31.0. The third-order valence-corrected chi connectivity index (χ3v) is 13.7. The van der Waals surface area contributed by atoms with Gasteiger partial charge in [-0.1, -0.05) is 60.1 Å². The van der Waals surface area contributed by atoms with Crippen LogP contribution in [0.5, 0.6) is 11.5 Å². The normalized spacial score (nSPS) is 16.8. The predicted molar refractivity (Wildman–Crippen MR) is 244 cm³/mol. The Hall–Kier alpha value is -6.47. The number of imide groups is 1. The number of benzene rings is 4. The van der Waals surface area contributed by atoms with Gasteiger partial charge in [-0.05, 0) is 93.5 Å². The minimum Gasteiger partial charge on any atom is -0.493 e. The Balaban J connectivity index is 0.881. The number of piperidine rings is 2. The molecule has 4 amide bonds. The summed E-state index contributed by atoms with van der Waals surface area (Å²) in [6, 6.07) is 22.6. The van der Waals surface area contributed by atoms with Gasteiger partial charge in [0.1, 0.15) is 17.5 Å². The molecule has 3 aliphatic rings. The number of hydrogen-bond donors (Lipinski definition) is 1. The van der Waals surface area contributed by atoms with Crippen molar-refractivity contribution in [2.45, 2.75) is 77.9 Å². The van der Waals surface area contributed by atoms with Crippen molar-refractivity contribution in [1.29, 1.82) is 0 Å². The van der Waals surface area contributed by atoms with Crippen molar-refractivity contribution in [3.63, 3.8) is 0 Å². The molecule has 0 aliphatic carbocycles. The highest BCUT2D eigenvalue weighted by atomic mass is 35.5. The highest BCUT2D eigenvalue weighted by molar-refractivity contribution is 6.35. The standard InChI is InChI=1S/C50H51ClN6O7/c1-30-46(31(2)54(3)53-30)47-39(51)17-16-36-35(13-8-26-63-42-14-6-10-33-9-4-5-11-34(33)42)41(28-58)56(48(36)47)25-22-32-20-23-55(24-21-32)45(60)29-64-43-15-7-12-37-38(43)27-57(50(37)62)40-18-19-44(59)52-49(40)61/h4-7,9-12,14-17,28,32,40H,8,13,18-27,29H2,1-3H3,(H,52,59,61). The lowest BCUT2D eigenvalue weighted by atomic mass is 9.93. The van der Waals surface area contributed by atoms with Crippen LogP contribution in [0, 0.1) is 19.8 Å². The number of aldehydes is 1. The SMILES string of the molecule is Cc1nn(C)c(C)c1-c1c(Cl)ccc2c(CCCOc3cccc4ccccc34)c(C=O)n(CCC3CCN(C(=O)COc4cccc5c4CN(C4CCC(=O)NC4=O)C5=O)CC3)c12. The van der Waals surface area contributed by atoms with Crippen LogP contribution in [0.3, 0.4) is 0 Å². The van der Waals surface area contributed by atoms with E-state index in [9.17, 15) is 24.0 Å². The van der Waals surface area contributed by atoms with E-state index in [-0.39, 0.29) is 43.7 Å². The van der Waals surface area contributed by atoms with Crippen LogP contribution >= 0.6 is 11.6 Å². The number of hydrogen-bond acceptors (Lipinski definition) is 8. The van der Waals surface area contributed by atoms with Gasteiger partial charge in [0.05, 0.1) is 35.1 Å². The molecule has 1 atom stereocenters. The molecule has 9 rings (SSSR count). The molecule has 6 aromatic rings. The number of nitrogens with zero attached hydrogens (tertiary/aromatic N) is 5. The van der Waals surface area contributed by atoms with Gasteiger partial charge in [0.2, 0.25) is 11.8 Å². The van der Waals surface area contributed by atoms with Gasteiger partial charge in [-0.25, -0.2) is 0 Å². The van der Waals surface area contributed by atoms with Crippen LogP contribution in [0.25, 0.3) is 32.8 Å². The van der Waals surface area contributed by atoms with Gasteiger partial charge in [0, 0.05) is 71.8 Å². The van der Waals surface area contributed by atoms with Crippen molar-refractivity contribution in [3.05, 3.63) is 112 Å². The second kappa shape index (κ2) is 18.0. The summed E-state index contributed by atoms with van der Waals surface area (Å²) >= 11 is 7.10. The highest BCUT2D eigenvalue weighted by Gasteiger charge is 2.40. The summed E-state index contributed by atoms with van der Waals surface area (Å²) in [7, 11) is 1.93. The minimum absolute atomic E-state index is 0.141. The van der Waals surface area contributed by atoms with E-state index in [1.165, 1.54) is 4.90 Å². The summed E-state index contributed by atoms with van der Waals surface area (Å²) in [5, 5.41) is 10.8. The number of aromatic nitrogens is 3. The molecule has 330 valence electrons. The lowest BCUT2D eigenvalue weighted by molar-refractivity contribution is -0.137. The summed E-state index contributed by atoms with van der Waals surface area (Å²) in [5.41, 5.74) is 7.29. The number of likely N-dealkylation sites (tertiary alicyclic amines) is 1. The number of carbonyl (C=O) groups excluding carboxylic acids is 5. The molecule has 0 saturated carbocycles. The summed E-state index contributed by atoms with van der Waals surface area (Å²) in [6.07, 6.45) is 5.14. The Bertz CT molecular complexity index is 2830. The van der Waals surface area contributed by atoms with E-state index in [0.717, 1.165) is 81.1 Å². The van der Waals surface area contributed by atoms with Crippen molar-refractivity contribution in [3.8, 4) is 22.6 Å². The molecule has 2 fully saturated rings. The van der Waals surface area contributed by atoms with Gasteiger partial charge < -0.3 is 23.8 Å². The number of aryl methyl sites for hydroxylation is 4. The number of carbonyl (C=O) groups is 5. The molecular formula is C50H51ClN6O7. The summed E-state index contributed by atoms with van der Waals surface area (Å²) in [4.78, 5) is 67.6. The smallest absolute Gasteiger partial charge is 0.260 e. The fourth-order valence-corrected chi connectivity index (χ4v) is 10.2. The van der Waals surface area contributed by atoms with E-state index >= 15 is 0 Å². The Morgan fingerprint density at radius 2 is 1.67 bits per heavy atom. The number of rotatable bonds is 14. The predicted octanol–water partition coefficient (Wildman–Crippen LogP) is 7.76. The van der Waals surface area contributed by atoms with Gasteiger partial charge in [-0.2, -0.15) is 5.10 Å². The van der Waals surface area contributed by atoms with Crippen LogP contribution in [0.2, 0.25) is 5.02 Å². The zero-order valence-corrected chi connectivity index (χ0v) is 37.1. The Labute approximate surface area is 376 Å². The highest BCUT2D eigenvalue weighted by Crippen LogP contribution is 2.42. The molecular weight excluding hydrogens is 832 g/mol. The van der Waals surface area contributed by atoms with Crippen LogP contribution in [-0.4, -0.2) is 86.4 Å². The van der Waals surface area contributed by atoms with E-state index in [1.54, 1.807) is 18.2 Å². The van der Waals surface area contributed by atoms with Crippen LogP contribution < -0.4 is 14.8 Å². The monoisotopic (exact) mass is 882 g/mol. The van der Waals surface area contributed by atoms with Gasteiger partial charge in [-0.3, -0.25) is 34.0 Å². The van der Waals surface area contributed by atoms with Gasteiger partial charge >= 0.3 is 0 Å². The van der Waals surface area contributed by atoms with Crippen molar-refractivity contribution in [2.75, 3.05) is 26.3 Å². The van der Waals surface area contributed by atoms with Gasteiger partial charge in [0.25, 0.3) is 11.8 Å². The molecule has 0 bridgehead atoms. The Morgan fingerprint density at radius 1 is 0.906 bits per heavy atom. The molecule has 1 N–H and O–H groups in total. The Morgan fingerprint density at radius 3 is 2.44 bits per heavy atom. The van der Waals surface area contributed by atoms with E-state index in [1.807, 2.05) is 66.9 Å². The molecule has 0 radical (unpaired) electrons. The third kappa shape index (κ3) is 8.02. The van der Waals surface area contributed by atoms with E-state index < -0.39 is 11.9 Å².